The van der Waals surface area contributed by atoms with Crippen LogP contribution in [0.5, 0.6) is 0 Å². The molecular formula is C11H14ClN3O3. The van der Waals surface area contributed by atoms with E-state index in [4.69, 9.17) is 11.6 Å². The van der Waals surface area contributed by atoms with Gasteiger partial charge >= 0.3 is 5.69 Å². The summed E-state index contributed by atoms with van der Waals surface area (Å²) in [5.74, 6) is 0.167. The molecule has 0 saturated heterocycles. The van der Waals surface area contributed by atoms with Crippen LogP contribution in [0.15, 0.2) is 12.3 Å². The van der Waals surface area contributed by atoms with Gasteiger partial charge in [-0.2, -0.15) is 0 Å². The topological polar surface area (TPSA) is 88.3 Å². The van der Waals surface area contributed by atoms with Crippen molar-refractivity contribution in [3.05, 3.63) is 27.4 Å². The summed E-state index contributed by atoms with van der Waals surface area (Å²) in [5, 5.41) is 23.7. The molecule has 1 aromatic heterocycles. The zero-order chi connectivity index (χ0) is 13.2. The van der Waals surface area contributed by atoms with E-state index in [1.54, 1.807) is 0 Å². The van der Waals surface area contributed by atoms with Crippen LogP contribution in [0.3, 0.4) is 0 Å². The van der Waals surface area contributed by atoms with Crippen molar-refractivity contribution in [2.24, 2.45) is 0 Å². The number of hydrogen-bond acceptors (Lipinski definition) is 5. The summed E-state index contributed by atoms with van der Waals surface area (Å²) in [6, 6.07) is 1.26. The molecule has 6 nitrogen and oxygen atoms in total. The summed E-state index contributed by atoms with van der Waals surface area (Å²) in [6.45, 7) is -0.0611. The molecule has 2 rings (SSSR count). The molecular weight excluding hydrogens is 258 g/mol. The Hall–Kier alpha value is -1.40. The molecule has 1 saturated carbocycles. The molecule has 7 heteroatoms. The monoisotopic (exact) mass is 271 g/mol. The molecule has 0 unspecified atom stereocenters. The Morgan fingerprint density at radius 1 is 1.56 bits per heavy atom. The summed E-state index contributed by atoms with van der Waals surface area (Å²) >= 11 is 5.70. The average molecular weight is 272 g/mol. The van der Waals surface area contributed by atoms with E-state index in [9.17, 15) is 15.2 Å². The van der Waals surface area contributed by atoms with Crippen LogP contribution in [0.4, 0.5) is 11.5 Å². The Kier molecular flexibility index (Phi) is 3.68. The lowest BCUT2D eigenvalue weighted by Gasteiger charge is -2.28. The summed E-state index contributed by atoms with van der Waals surface area (Å²) < 4.78 is 0. The first-order valence-electron chi connectivity index (χ1n) is 5.75. The van der Waals surface area contributed by atoms with Crippen LogP contribution < -0.4 is 5.32 Å². The second-order valence-electron chi connectivity index (χ2n) is 4.55. The quantitative estimate of drug-likeness (QED) is 0.648. The molecule has 0 radical (unpaired) electrons. The Balaban J connectivity index is 2.30. The number of aliphatic hydroxyl groups is 1. The van der Waals surface area contributed by atoms with Crippen molar-refractivity contribution in [2.45, 2.75) is 31.2 Å². The van der Waals surface area contributed by atoms with Gasteiger partial charge < -0.3 is 10.4 Å². The highest BCUT2D eigenvalue weighted by molar-refractivity contribution is 6.30. The molecule has 0 amide bonds. The van der Waals surface area contributed by atoms with Gasteiger partial charge in [-0.15, -0.1) is 0 Å². The first-order valence-corrected chi connectivity index (χ1v) is 6.13. The van der Waals surface area contributed by atoms with Crippen molar-refractivity contribution in [1.82, 2.24) is 4.98 Å². The average Bonchev–Trinajstić information content (AvgIpc) is 2.80. The van der Waals surface area contributed by atoms with Gasteiger partial charge in [0.15, 0.2) is 0 Å². The second-order valence-corrected chi connectivity index (χ2v) is 4.99. The minimum Gasteiger partial charge on any atom is -0.394 e. The van der Waals surface area contributed by atoms with Crippen molar-refractivity contribution >= 4 is 23.1 Å². The Bertz CT molecular complexity index is 461. The summed E-state index contributed by atoms with van der Waals surface area (Å²) in [4.78, 5) is 14.4. The molecule has 2 N–H and O–H groups in total. The van der Waals surface area contributed by atoms with E-state index >= 15 is 0 Å². The zero-order valence-electron chi connectivity index (χ0n) is 9.73. The predicted octanol–water partition coefficient (Wildman–Crippen LogP) is 2.36. The highest BCUT2D eigenvalue weighted by atomic mass is 35.5. The molecule has 0 aromatic carbocycles. The van der Waals surface area contributed by atoms with E-state index in [-0.39, 0.29) is 23.1 Å². The molecule has 0 aliphatic heterocycles. The van der Waals surface area contributed by atoms with Crippen LogP contribution in [0.2, 0.25) is 5.02 Å². The molecule has 0 atom stereocenters. The summed E-state index contributed by atoms with van der Waals surface area (Å²) in [6.07, 6.45) is 4.91. The summed E-state index contributed by atoms with van der Waals surface area (Å²) in [5.41, 5.74) is -0.659. The van der Waals surface area contributed by atoms with Crippen LogP contribution in [0.1, 0.15) is 25.7 Å². The Morgan fingerprint density at radius 2 is 2.22 bits per heavy atom. The van der Waals surface area contributed by atoms with Crippen molar-refractivity contribution in [3.8, 4) is 0 Å². The molecule has 1 aliphatic rings. The van der Waals surface area contributed by atoms with Gasteiger partial charge in [0.05, 0.1) is 22.1 Å². The van der Waals surface area contributed by atoms with Gasteiger partial charge in [0.25, 0.3) is 0 Å². The molecule has 0 spiro atoms. The number of halogens is 1. The standard InChI is InChI=1S/C11H14ClN3O3/c12-8-5-9(15(17)18)10(13-6-8)14-11(7-16)3-1-2-4-11/h5-6,16H,1-4,7H2,(H,13,14). The van der Waals surface area contributed by atoms with E-state index in [0.717, 1.165) is 25.7 Å². The predicted molar refractivity (Wildman–Crippen MR) is 67.8 cm³/mol. The van der Waals surface area contributed by atoms with Crippen molar-refractivity contribution < 1.29 is 10.0 Å². The third kappa shape index (κ3) is 2.54. The highest BCUT2D eigenvalue weighted by Crippen LogP contribution is 2.35. The zero-order valence-corrected chi connectivity index (χ0v) is 10.5. The number of pyridine rings is 1. The van der Waals surface area contributed by atoms with Crippen LogP contribution in [-0.2, 0) is 0 Å². The number of nitrogens with zero attached hydrogens (tertiary/aromatic N) is 2. The van der Waals surface area contributed by atoms with Gasteiger partial charge in [-0.3, -0.25) is 10.1 Å². The number of nitro groups is 1. The number of nitrogens with one attached hydrogen (secondary N) is 1. The van der Waals surface area contributed by atoms with Crippen molar-refractivity contribution in [1.29, 1.82) is 0 Å². The third-order valence-corrected chi connectivity index (χ3v) is 3.48. The van der Waals surface area contributed by atoms with E-state index in [2.05, 4.69) is 10.3 Å². The maximum absolute atomic E-state index is 10.9. The highest BCUT2D eigenvalue weighted by Gasteiger charge is 2.35. The van der Waals surface area contributed by atoms with Crippen LogP contribution in [-0.4, -0.2) is 27.2 Å². The fourth-order valence-electron chi connectivity index (χ4n) is 2.29. The number of aliphatic hydroxyl groups excluding tert-OH is 1. The molecule has 98 valence electrons. The molecule has 0 bridgehead atoms. The van der Waals surface area contributed by atoms with Gasteiger partial charge in [0.2, 0.25) is 5.82 Å². The van der Waals surface area contributed by atoms with Gasteiger partial charge in [-0.1, -0.05) is 24.4 Å². The van der Waals surface area contributed by atoms with Crippen LogP contribution >= 0.6 is 11.6 Å². The van der Waals surface area contributed by atoms with Gasteiger partial charge in [-0.25, -0.2) is 4.98 Å². The first kappa shape index (κ1) is 13.0. The summed E-state index contributed by atoms with van der Waals surface area (Å²) in [7, 11) is 0. The molecule has 1 aromatic rings. The SMILES string of the molecule is O=[N+]([O-])c1cc(Cl)cnc1NC1(CO)CCCC1. The van der Waals surface area contributed by atoms with Gasteiger partial charge in [-0.05, 0) is 12.8 Å². The molecule has 1 aliphatic carbocycles. The minimum atomic E-state index is -0.527. The number of anilines is 1. The minimum absolute atomic E-state index is 0.0611. The first-order chi connectivity index (χ1) is 8.56. The fraction of sp³-hybridized carbons (Fsp3) is 0.545. The second kappa shape index (κ2) is 5.07. The number of rotatable bonds is 4. The van der Waals surface area contributed by atoms with E-state index in [1.807, 2.05) is 0 Å². The fourth-order valence-corrected chi connectivity index (χ4v) is 2.44. The van der Waals surface area contributed by atoms with Crippen molar-refractivity contribution in [3.63, 3.8) is 0 Å². The lowest BCUT2D eigenvalue weighted by Crippen LogP contribution is -2.39. The lowest BCUT2D eigenvalue weighted by molar-refractivity contribution is -0.384. The molecule has 18 heavy (non-hydrogen) atoms. The number of hydrogen-bond donors (Lipinski definition) is 2. The normalized spacial score (nSPS) is 17.7. The van der Waals surface area contributed by atoms with Crippen LogP contribution in [0.25, 0.3) is 0 Å². The molecule has 1 fully saturated rings. The Morgan fingerprint density at radius 3 is 2.78 bits per heavy atom. The third-order valence-electron chi connectivity index (χ3n) is 3.28. The maximum atomic E-state index is 10.9. The maximum Gasteiger partial charge on any atom is 0.312 e. The van der Waals surface area contributed by atoms with Crippen molar-refractivity contribution in [2.75, 3.05) is 11.9 Å². The number of aromatic nitrogens is 1. The van der Waals surface area contributed by atoms with E-state index in [1.165, 1.54) is 12.3 Å². The molecule has 1 heterocycles. The van der Waals surface area contributed by atoms with E-state index < -0.39 is 10.5 Å². The largest absolute Gasteiger partial charge is 0.394 e. The Labute approximate surface area is 109 Å². The van der Waals surface area contributed by atoms with E-state index in [0.29, 0.717) is 0 Å². The van der Waals surface area contributed by atoms with Gasteiger partial charge in [0.1, 0.15) is 0 Å². The van der Waals surface area contributed by atoms with Crippen LogP contribution in [0, 0.1) is 10.1 Å². The lowest BCUT2D eigenvalue weighted by atomic mass is 9.99. The smallest absolute Gasteiger partial charge is 0.312 e. The van der Waals surface area contributed by atoms with Gasteiger partial charge in [0, 0.05) is 12.3 Å².